The van der Waals surface area contributed by atoms with Gasteiger partial charge in [0.1, 0.15) is 0 Å². The second-order valence-corrected chi connectivity index (χ2v) is 8.56. The van der Waals surface area contributed by atoms with E-state index in [1.807, 2.05) is 6.92 Å². The number of non-ortho nitro benzene ring substituents is 1. The van der Waals surface area contributed by atoms with Crippen LogP contribution in [0.1, 0.15) is 31.9 Å². The topological polar surface area (TPSA) is 107 Å². The summed E-state index contributed by atoms with van der Waals surface area (Å²) in [7, 11) is -4.07. The largest absolute Gasteiger partial charge is 0.463 e. The van der Waals surface area contributed by atoms with Gasteiger partial charge in [0, 0.05) is 18.2 Å². The summed E-state index contributed by atoms with van der Waals surface area (Å²) in [6.07, 6.45) is 2.08. The van der Waals surface area contributed by atoms with Crippen LogP contribution in [-0.4, -0.2) is 36.3 Å². The smallest absolute Gasteiger partial charge is 0.335 e. The van der Waals surface area contributed by atoms with Gasteiger partial charge in [0.2, 0.25) is 10.0 Å². The average Bonchev–Trinajstić information content (AvgIpc) is 3.15. The lowest BCUT2D eigenvalue weighted by molar-refractivity contribution is -0.384. The highest BCUT2D eigenvalue weighted by Crippen LogP contribution is 2.42. The molecule has 2 atom stereocenters. The third kappa shape index (κ3) is 3.99. The zero-order chi connectivity index (χ0) is 21.9. The Morgan fingerprint density at radius 2 is 1.73 bits per heavy atom. The first-order valence-electron chi connectivity index (χ1n) is 9.53. The molecule has 0 aliphatic carbocycles. The average molecular weight is 430 g/mol. The van der Waals surface area contributed by atoms with Crippen molar-refractivity contribution < 1.29 is 22.9 Å². The Bertz CT molecular complexity index is 1060. The summed E-state index contributed by atoms with van der Waals surface area (Å²) in [5.74, 6) is -0.564. The number of carbonyl (C=O) groups is 1. The van der Waals surface area contributed by atoms with E-state index >= 15 is 0 Å². The highest BCUT2D eigenvalue weighted by atomic mass is 32.2. The van der Waals surface area contributed by atoms with Crippen molar-refractivity contribution in [3.63, 3.8) is 0 Å². The van der Waals surface area contributed by atoms with Gasteiger partial charge in [-0.2, -0.15) is 4.31 Å². The predicted molar refractivity (Wildman–Crippen MR) is 110 cm³/mol. The number of sulfonamides is 1. The van der Waals surface area contributed by atoms with Gasteiger partial charge in [-0.3, -0.25) is 10.1 Å². The molecule has 0 aromatic heterocycles. The van der Waals surface area contributed by atoms with Crippen molar-refractivity contribution in [2.75, 3.05) is 6.61 Å². The molecule has 2 aromatic rings. The Morgan fingerprint density at radius 1 is 1.10 bits per heavy atom. The number of nitro groups is 1. The zero-order valence-corrected chi connectivity index (χ0v) is 17.4. The highest BCUT2D eigenvalue weighted by Gasteiger charge is 2.45. The molecule has 0 unspecified atom stereocenters. The minimum atomic E-state index is -4.07. The van der Waals surface area contributed by atoms with Crippen LogP contribution in [0.4, 0.5) is 5.69 Å². The fourth-order valence-electron chi connectivity index (χ4n) is 3.53. The van der Waals surface area contributed by atoms with Crippen molar-refractivity contribution in [2.45, 2.75) is 37.2 Å². The molecule has 3 rings (SSSR count). The van der Waals surface area contributed by atoms with E-state index in [9.17, 15) is 23.3 Å². The Morgan fingerprint density at radius 3 is 2.27 bits per heavy atom. The molecule has 1 heterocycles. The van der Waals surface area contributed by atoms with E-state index in [1.165, 1.54) is 16.4 Å². The van der Waals surface area contributed by atoms with Gasteiger partial charge in [-0.1, -0.05) is 43.3 Å². The van der Waals surface area contributed by atoms with Gasteiger partial charge < -0.3 is 4.74 Å². The summed E-state index contributed by atoms with van der Waals surface area (Å²) in [6.45, 7) is 3.69. The van der Waals surface area contributed by atoms with Crippen molar-refractivity contribution in [3.05, 3.63) is 81.9 Å². The number of nitrogens with zero attached hydrogens (tertiary/aromatic N) is 2. The van der Waals surface area contributed by atoms with E-state index in [1.54, 1.807) is 43.3 Å². The maximum Gasteiger partial charge on any atom is 0.335 e. The zero-order valence-electron chi connectivity index (χ0n) is 16.6. The maximum atomic E-state index is 13.6. The second kappa shape index (κ2) is 8.76. The first kappa shape index (κ1) is 21.7. The summed E-state index contributed by atoms with van der Waals surface area (Å²) in [6, 6.07) is 12.2. The van der Waals surface area contributed by atoms with E-state index in [2.05, 4.69) is 0 Å². The highest BCUT2D eigenvalue weighted by molar-refractivity contribution is 7.89. The number of rotatable bonds is 7. The molecule has 9 heteroatoms. The Balaban J connectivity index is 2.12. The molecule has 30 heavy (non-hydrogen) atoms. The number of hydrogen-bond acceptors (Lipinski definition) is 6. The third-order valence-corrected chi connectivity index (χ3v) is 6.82. The van der Waals surface area contributed by atoms with Crippen LogP contribution in [0.2, 0.25) is 0 Å². The molecule has 2 aromatic carbocycles. The standard InChI is InChI=1S/C21H22N2O6S/c1-3-16-14-19(21(24)29-4-2)20(15-8-6-5-7-9-15)22(16)30(27,28)18-12-10-17(11-13-18)23(25)26/h5-14,16,20H,3-4H2,1-2H3/t16-,20+/m1/s1. The normalized spacial score (nSPS) is 19.3. The first-order chi connectivity index (χ1) is 14.3. The van der Waals surface area contributed by atoms with Gasteiger partial charge in [-0.25, -0.2) is 13.2 Å². The van der Waals surface area contributed by atoms with Crippen molar-refractivity contribution in [1.29, 1.82) is 0 Å². The van der Waals surface area contributed by atoms with Crippen LogP contribution < -0.4 is 0 Å². The van der Waals surface area contributed by atoms with Gasteiger partial charge in [-0.15, -0.1) is 0 Å². The van der Waals surface area contributed by atoms with Crippen LogP contribution in [0.3, 0.4) is 0 Å². The van der Waals surface area contributed by atoms with Crippen LogP contribution >= 0.6 is 0 Å². The lowest BCUT2D eigenvalue weighted by Crippen LogP contribution is -2.38. The lowest BCUT2D eigenvalue weighted by Gasteiger charge is -2.30. The van der Waals surface area contributed by atoms with E-state index in [0.29, 0.717) is 12.0 Å². The summed E-state index contributed by atoms with van der Waals surface area (Å²) in [5.41, 5.74) is 0.700. The molecule has 0 bridgehead atoms. The fourth-order valence-corrected chi connectivity index (χ4v) is 5.34. The van der Waals surface area contributed by atoms with E-state index in [-0.39, 0.29) is 22.8 Å². The van der Waals surface area contributed by atoms with Gasteiger partial charge >= 0.3 is 5.97 Å². The van der Waals surface area contributed by atoms with Crippen LogP contribution in [0.25, 0.3) is 0 Å². The Hall–Kier alpha value is -3.04. The number of nitro benzene ring substituents is 1. The molecule has 0 fully saturated rings. The molecule has 0 saturated heterocycles. The quantitative estimate of drug-likeness (QED) is 0.377. The van der Waals surface area contributed by atoms with Gasteiger partial charge in [0.25, 0.3) is 5.69 Å². The molecule has 0 spiro atoms. The van der Waals surface area contributed by atoms with Gasteiger partial charge in [0.05, 0.1) is 28.0 Å². The lowest BCUT2D eigenvalue weighted by atomic mass is 10.0. The SMILES string of the molecule is CCOC(=O)C1=C[C@@H](CC)N(S(=O)(=O)c2ccc([N+](=O)[O-])cc2)[C@H]1c1ccccc1. The Labute approximate surface area is 175 Å². The van der Waals surface area contributed by atoms with Crippen LogP contribution in [-0.2, 0) is 19.6 Å². The number of hydrogen-bond donors (Lipinski definition) is 0. The molecule has 1 aliphatic heterocycles. The summed E-state index contributed by atoms with van der Waals surface area (Å²) in [4.78, 5) is 22.9. The predicted octanol–water partition coefficient (Wildman–Crippen LogP) is 3.61. The van der Waals surface area contributed by atoms with Crippen LogP contribution in [0.5, 0.6) is 0 Å². The minimum absolute atomic E-state index is 0.0778. The molecule has 8 nitrogen and oxygen atoms in total. The molecule has 0 saturated carbocycles. The Kier molecular flexibility index (Phi) is 6.33. The summed E-state index contributed by atoms with van der Waals surface area (Å²) < 4.78 is 33.6. The summed E-state index contributed by atoms with van der Waals surface area (Å²) in [5, 5.41) is 10.9. The van der Waals surface area contributed by atoms with E-state index in [4.69, 9.17) is 4.74 Å². The first-order valence-corrected chi connectivity index (χ1v) is 11.0. The molecule has 0 N–H and O–H groups in total. The number of benzene rings is 2. The van der Waals surface area contributed by atoms with Crippen molar-refractivity contribution in [2.24, 2.45) is 0 Å². The van der Waals surface area contributed by atoms with Crippen molar-refractivity contribution >= 4 is 21.7 Å². The number of carbonyl (C=O) groups excluding carboxylic acids is 1. The fraction of sp³-hybridized carbons (Fsp3) is 0.286. The molecular weight excluding hydrogens is 408 g/mol. The minimum Gasteiger partial charge on any atom is -0.463 e. The third-order valence-electron chi connectivity index (χ3n) is 4.92. The van der Waals surface area contributed by atoms with Crippen LogP contribution in [0.15, 0.2) is 71.1 Å². The molecule has 158 valence electrons. The molecule has 0 radical (unpaired) electrons. The van der Waals surface area contributed by atoms with E-state index < -0.39 is 33.0 Å². The second-order valence-electron chi connectivity index (χ2n) is 6.72. The number of ether oxygens (including phenoxy) is 1. The van der Waals surface area contributed by atoms with Crippen molar-refractivity contribution in [3.8, 4) is 0 Å². The number of esters is 1. The monoisotopic (exact) mass is 430 g/mol. The van der Waals surface area contributed by atoms with Crippen molar-refractivity contribution in [1.82, 2.24) is 4.31 Å². The van der Waals surface area contributed by atoms with E-state index in [0.717, 1.165) is 12.1 Å². The molecule has 0 amide bonds. The maximum absolute atomic E-state index is 13.6. The van der Waals surface area contributed by atoms with Gasteiger partial charge in [0.15, 0.2) is 0 Å². The molecular formula is C21H22N2O6S. The van der Waals surface area contributed by atoms with Gasteiger partial charge in [-0.05, 0) is 31.0 Å². The summed E-state index contributed by atoms with van der Waals surface area (Å²) >= 11 is 0. The van der Waals surface area contributed by atoms with Crippen LogP contribution in [0, 0.1) is 10.1 Å². The molecule has 1 aliphatic rings.